The van der Waals surface area contributed by atoms with E-state index >= 15 is 0 Å². The van der Waals surface area contributed by atoms with Crippen molar-refractivity contribution in [3.05, 3.63) is 62.1 Å². The topological polar surface area (TPSA) is 55.2 Å². The molecule has 0 fully saturated rings. The Morgan fingerprint density at radius 3 is 2.32 bits per heavy atom. The van der Waals surface area contributed by atoms with E-state index in [2.05, 4.69) is 27.3 Å². The molecule has 19 heavy (non-hydrogen) atoms. The van der Waals surface area contributed by atoms with Gasteiger partial charge >= 0.3 is 0 Å². The molecule has 1 N–H and O–H groups in total. The molecule has 0 bridgehead atoms. The van der Waals surface area contributed by atoms with E-state index in [1.54, 1.807) is 12.1 Å². The Hall–Kier alpha value is -1.88. The van der Waals surface area contributed by atoms with Gasteiger partial charge in [0.25, 0.3) is 5.69 Å². The molecular formula is C14H13BrN2O2. The van der Waals surface area contributed by atoms with Crippen molar-refractivity contribution in [1.29, 1.82) is 0 Å². The fourth-order valence-corrected chi connectivity index (χ4v) is 2.31. The monoisotopic (exact) mass is 320 g/mol. The highest BCUT2D eigenvalue weighted by atomic mass is 79.9. The van der Waals surface area contributed by atoms with Gasteiger partial charge in [0.1, 0.15) is 5.69 Å². The van der Waals surface area contributed by atoms with Gasteiger partial charge in [0, 0.05) is 16.2 Å². The second-order valence-corrected chi connectivity index (χ2v) is 5.34. The zero-order valence-corrected chi connectivity index (χ0v) is 12.2. The minimum atomic E-state index is -0.393. The molecule has 0 aromatic heterocycles. The first kappa shape index (κ1) is 13.5. The average molecular weight is 321 g/mol. The van der Waals surface area contributed by atoms with Gasteiger partial charge in [0.2, 0.25) is 0 Å². The lowest BCUT2D eigenvalue weighted by Gasteiger charge is -2.09. The fraction of sp³-hybridized carbons (Fsp3) is 0.143. The molecule has 0 unspecified atom stereocenters. The Morgan fingerprint density at radius 2 is 1.74 bits per heavy atom. The zero-order valence-electron chi connectivity index (χ0n) is 10.6. The molecule has 0 atom stereocenters. The maximum Gasteiger partial charge on any atom is 0.293 e. The second kappa shape index (κ2) is 5.40. The summed E-state index contributed by atoms with van der Waals surface area (Å²) in [5.41, 5.74) is 3.61. The summed E-state index contributed by atoms with van der Waals surface area (Å²) in [6, 6.07) is 10.9. The van der Waals surface area contributed by atoms with Crippen molar-refractivity contribution >= 4 is 33.0 Å². The number of anilines is 2. The van der Waals surface area contributed by atoms with Crippen LogP contribution in [0.15, 0.2) is 40.9 Å². The Labute approximate surface area is 119 Å². The van der Waals surface area contributed by atoms with Crippen LogP contribution in [-0.2, 0) is 0 Å². The first-order valence-electron chi connectivity index (χ1n) is 5.75. The molecule has 0 amide bonds. The van der Waals surface area contributed by atoms with E-state index in [0.29, 0.717) is 10.2 Å². The average Bonchev–Trinajstić information content (AvgIpc) is 2.30. The number of nitrogens with zero attached hydrogens (tertiary/aromatic N) is 1. The van der Waals surface area contributed by atoms with Gasteiger partial charge in [-0.1, -0.05) is 22.0 Å². The summed E-state index contributed by atoms with van der Waals surface area (Å²) >= 11 is 3.24. The predicted molar refractivity (Wildman–Crippen MR) is 80.0 cm³/mol. The molecule has 2 rings (SSSR count). The van der Waals surface area contributed by atoms with Crippen LogP contribution in [0, 0.1) is 24.0 Å². The first-order valence-corrected chi connectivity index (χ1v) is 6.54. The highest BCUT2D eigenvalue weighted by Crippen LogP contribution is 2.31. The molecule has 98 valence electrons. The molecule has 0 saturated heterocycles. The number of aryl methyl sites for hydroxylation is 2. The van der Waals surface area contributed by atoms with Crippen LogP contribution in [-0.4, -0.2) is 4.92 Å². The van der Waals surface area contributed by atoms with Gasteiger partial charge in [-0.15, -0.1) is 0 Å². The third-order valence-corrected chi connectivity index (χ3v) is 3.15. The third-order valence-electron chi connectivity index (χ3n) is 2.66. The number of rotatable bonds is 3. The first-order chi connectivity index (χ1) is 8.95. The number of nitro benzene ring substituents is 1. The van der Waals surface area contributed by atoms with Crippen molar-refractivity contribution in [3.63, 3.8) is 0 Å². The zero-order chi connectivity index (χ0) is 14.0. The normalized spacial score (nSPS) is 10.3. The largest absolute Gasteiger partial charge is 0.350 e. The van der Waals surface area contributed by atoms with E-state index in [4.69, 9.17) is 0 Å². The summed E-state index contributed by atoms with van der Waals surface area (Å²) in [5.74, 6) is 0. The SMILES string of the molecule is Cc1cc(C)cc(Nc2ccc(Br)cc2[N+](=O)[O-])c1. The van der Waals surface area contributed by atoms with Crippen molar-refractivity contribution in [2.75, 3.05) is 5.32 Å². The lowest BCUT2D eigenvalue weighted by Crippen LogP contribution is -1.97. The number of nitrogens with one attached hydrogen (secondary N) is 1. The van der Waals surface area contributed by atoms with Crippen LogP contribution in [0.1, 0.15) is 11.1 Å². The quantitative estimate of drug-likeness (QED) is 0.657. The molecule has 0 aliphatic carbocycles. The van der Waals surface area contributed by atoms with E-state index in [9.17, 15) is 10.1 Å². The minimum Gasteiger partial charge on any atom is -0.350 e. The van der Waals surface area contributed by atoms with Gasteiger partial charge in [-0.05, 0) is 49.2 Å². The second-order valence-electron chi connectivity index (χ2n) is 4.42. The Morgan fingerprint density at radius 1 is 1.11 bits per heavy atom. The van der Waals surface area contributed by atoms with Gasteiger partial charge in [-0.2, -0.15) is 0 Å². The van der Waals surface area contributed by atoms with Gasteiger partial charge in [-0.3, -0.25) is 10.1 Å². The number of hydrogen-bond acceptors (Lipinski definition) is 3. The molecule has 0 spiro atoms. The smallest absolute Gasteiger partial charge is 0.293 e. The Balaban J connectivity index is 2.40. The number of halogens is 1. The minimum absolute atomic E-state index is 0.0496. The van der Waals surface area contributed by atoms with E-state index in [1.807, 2.05) is 26.0 Å². The molecule has 0 heterocycles. The Bertz CT molecular complexity index is 621. The van der Waals surface area contributed by atoms with E-state index in [1.165, 1.54) is 6.07 Å². The van der Waals surface area contributed by atoms with Crippen LogP contribution >= 0.6 is 15.9 Å². The summed E-state index contributed by atoms with van der Waals surface area (Å²) in [6.45, 7) is 3.99. The third kappa shape index (κ3) is 3.32. The molecule has 2 aromatic rings. The molecular weight excluding hydrogens is 308 g/mol. The van der Waals surface area contributed by atoms with Gasteiger partial charge in [0.05, 0.1) is 4.92 Å². The molecule has 4 nitrogen and oxygen atoms in total. The summed E-state index contributed by atoms with van der Waals surface area (Å²) in [7, 11) is 0. The van der Waals surface area contributed by atoms with Crippen molar-refractivity contribution < 1.29 is 4.92 Å². The van der Waals surface area contributed by atoms with Crippen LogP contribution in [0.25, 0.3) is 0 Å². The highest BCUT2D eigenvalue weighted by Gasteiger charge is 2.14. The fourth-order valence-electron chi connectivity index (χ4n) is 1.96. The van der Waals surface area contributed by atoms with Gasteiger partial charge < -0.3 is 5.32 Å². The highest BCUT2D eigenvalue weighted by molar-refractivity contribution is 9.10. The van der Waals surface area contributed by atoms with Crippen LogP contribution < -0.4 is 5.32 Å². The summed E-state index contributed by atoms with van der Waals surface area (Å²) in [6.07, 6.45) is 0. The van der Waals surface area contributed by atoms with Crippen LogP contribution in [0.4, 0.5) is 17.1 Å². The van der Waals surface area contributed by atoms with Crippen LogP contribution in [0.2, 0.25) is 0 Å². The maximum atomic E-state index is 11.0. The Kier molecular flexibility index (Phi) is 3.85. The molecule has 0 saturated carbocycles. The molecule has 2 aromatic carbocycles. The maximum absolute atomic E-state index is 11.0. The van der Waals surface area contributed by atoms with Crippen LogP contribution in [0.5, 0.6) is 0 Å². The van der Waals surface area contributed by atoms with Gasteiger partial charge in [0.15, 0.2) is 0 Å². The predicted octanol–water partition coefficient (Wildman–Crippen LogP) is 4.72. The van der Waals surface area contributed by atoms with Crippen molar-refractivity contribution in [3.8, 4) is 0 Å². The molecule has 0 radical (unpaired) electrons. The standard InChI is InChI=1S/C14H13BrN2O2/c1-9-5-10(2)7-12(6-9)16-13-4-3-11(15)8-14(13)17(18)19/h3-8,16H,1-2H3. The molecule has 0 aliphatic rings. The van der Waals surface area contributed by atoms with Crippen molar-refractivity contribution in [2.24, 2.45) is 0 Å². The van der Waals surface area contributed by atoms with Crippen molar-refractivity contribution in [2.45, 2.75) is 13.8 Å². The van der Waals surface area contributed by atoms with E-state index in [0.717, 1.165) is 16.8 Å². The van der Waals surface area contributed by atoms with Crippen LogP contribution in [0.3, 0.4) is 0 Å². The molecule has 0 aliphatic heterocycles. The number of benzene rings is 2. The summed E-state index contributed by atoms with van der Waals surface area (Å²) in [5, 5.41) is 14.1. The molecule has 5 heteroatoms. The lowest BCUT2D eigenvalue weighted by atomic mass is 10.1. The van der Waals surface area contributed by atoms with Gasteiger partial charge in [-0.25, -0.2) is 0 Å². The van der Waals surface area contributed by atoms with Crippen molar-refractivity contribution in [1.82, 2.24) is 0 Å². The van der Waals surface area contributed by atoms with E-state index in [-0.39, 0.29) is 5.69 Å². The lowest BCUT2D eigenvalue weighted by molar-refractivity contribution is -0.384. The number of hydrogen-bond donors (Lipinski definition) is 1. The summed E-state index contributed by atoms with van der Waals surface area (Å²) in [4.78, 5) is 10.6. The number of nitro groups is 1. The summed E-state index contributed by atoms with van der Waals surface area (Å²) < 4.78 is 0.685. The van der Waals surface area contributed by atoms with E-state index < -0.39 is 4.92 Å².